The molecule has 0 rings (SSSR count). The van der Waals surface area contributed by atoms with Gasteiger partial charge in [-0.1, -0.05) is 45.4 Å². The first-order valence-corrected chi connectivity index (χ1v) is 5.53. The van der Waals surface area contributed by atoms with Crippen molar-refractivity contribution in [1.82, 2.24) is 0 Å². The van der Waals surface area contributed by atoms with Gasteiger partial charge in [-0.15, -0.1) is 0 Å². The van der Waals surface area contributed by atoms with Crippen LogP contribution in [-0.4, -0.2) is 17.5 Å². The molecule has 3 heteroatoms. The zero-order valence-corrected chi connectivity index (χ0v) is 11.6. The number of rotatable bonds is 5. The fraction of sp³-hybridized carbons (Fsp3) is 1.00. The SMILES string of the molecule is CCCCC(CC)C[S-].CCO.[Ti]. The van der Waals surface area contributed by atoms with Crippen LogP contribution in [0.1, 0.15) is 46.5 Å². The van der Waals surface area contributed by atoms with E-state index in [1.54, 1.807) is 6.92 Å². The van der Waals surface area contributed by atoms with Crippen LogP contribution in [0.25, 0.3) is 0 Å². The summed E-state index contributed by atoms with van der Waals surface area (Å²) in [5, 5.41) is 7.57. The topological polar surface area (TPSA) is 20.2 Å². The molecule has 0 fully saturated rings. The van der Waals surface area contributed by atoms with Crippen molar-refractivity contribution in [3.63, 3.8) is 0 Å². The van der Waals surface area contributed by atoms with E-state index in [4.69, 9.17) is 17.7 Å². The Morgan fingerprint density at radius 2 is 1.69 bits per heavy atom. The molecule has 0 aromatic heterocycles. The van der Waals surface area contributed by atoms with Gasteiger partial charge in [-0.25, -0.2) is 0 Å². The van der Waals surface area contributed by atoms with Gasteiger partial charge in [0.2, 0.25) is 0 Å². The molecule has 0 saturated heterocycles. The van der Waals surface area contributed by atoms with Gasteiger partial charge < -0.3 is 17.7 Å². The zero-order valence-electron chi connectivity index (χ0n) is 9.18. The molecular weight excluding hydrogens is 216 g/mol. The first-order valence-electron chi connectivity index (χ1n) is 4.95. The molecule has 0 saturated carbocycles. The van der Waals surface area contributed by atoms with Crippen LogP contribution in [0, 0.1) is 5.92 Å². The normalized spacial score (nSPS) is 10.8. The predicted molar refractivity (Wildman–Crippen MR) is 58.3 cm³/mol. The molecule has 0 amide bonds. The second kappa shape index (κ2) is 18.7. The molecule has 0 aliphatic rings. The van der Waals surface area contributed by atoms with E-state index in [1.807, 2.05) is 0 Å². The van der Waals surface area contributed by atoms with E-state index in [0.29, 0.717) is 0 Å². The van der Waals surface area contributed by atoms with Crippen molar-refractivity contribution in [2.75, 3.05) is 12.4 Å². The molecule has 13 heavy (non-hydrogen) atoms. The van der Waals surface area contributed by atoms with E-state index in [0.717, 1.165) is 11.7 Å². The van der Waals surface area contributed by atoms with Gasteiger partial charge in [0.25, 0.3) is 0 Å². The molecule has 1 nitrogen and oxygen atoms in total. The third kappa shape index (κ3) is 19.4. The quantitative estimate of drug-likeness (QED) is 0.588. The van der Waals surface area contributed by atoms with E-state index in [2.05, 4.69) is 13.8 Å². The average molecular weight is 239 g/mol. The van der Waals surface area contributed by atoms with E-state index < -0.39 is 0 Å². The molecule has 1 atom stereocenters. The summed E-state index contributed by atoms with van der Waals surface area (Å²) in [6.45, 7) is 6.39. The zero-order chi connectivity index (χ0) is 9.82. The molecule has 0 radical (unpaired) electrons. The van der Waals surface area contributed by atoms with Crippen LogP contribution >= 0.6 is 0 Å². The largest absolute Gasteiger partial charge is 0.792 e. The summed E-state index contributed by atoms with van der Waals surface area (Å²) in [6, 6.07) is 0. The summed E-state index contributed by atoms with van der Waals surface area (Å²) in [7, 11) is 0. The third-order valence-corrected chi connectivity index (χ3v) is 2.25. The molecule has 0 spiro atoms. The minimum atomic E-state index is 0. The standard InChI is InChI=1S/C8H18S.C2H6O.Ti/c1-3-5-6-8(4-2)7-9;1-2-3;/h8-9H,3-7H2,1-2H3;3H,2H2,1H3;/p-1. The summed E-state index contributed by atoms with van der Waals surface area (Å²) in [5.74, 6) is 1.77. The molecule has 0 bridgehead atoms. The Morgan fingerprint density at radius 3 is 1.92 bits per heavy atom. The number of aliphatic hydroxyl groups is 1. The van der Waals surface area contributed by atoms with Gasteiger partial charge in [0, 0.05) is 28.3 Å². The van der Waals surface area contributed by atoms with Gasteiger partial charge in [0.15, 0.2) is 0 Å². The van der Waals surface area contributed by atoms with Crippen LogP contribution in [0.15, 0.2) is 0 Å². The monoisotopic (exact) mass is 239 g/mol. The fourth-order valence-electron chi connectivity index (χ4n) is 0.898. The molecule has 1 N–H and O–H groups in total. The molecule has 0 heterocycles. The second-order valence-corrected chi connectivity index (χ2v) is 3.23. The Balaban J connectivity index is -0.000000220. The van der Waals surface area contributed by atoms with Crippen molar-refractivity contribution < 1.29 is 26.8 Å². The second-order valence-electron chi connectivity index (χ2n) is 2.90. The van der Waals surface area contributed by atoms with E-state index in [-0.39, 0.29) is 28.3 Å². The van der Waals surface area contributed by atoms with Crippen molar-refractivity contribution in [2.24, 2.45) is 5.92 Å². The Kier molecular flexibility index (Phi) is 28.2. The number of hydrogen-bond acceptors (Lipinski definition) is 2. The van der Waals surface area contributed by atoms with Crippen LogP contribution in [0.2, 0.25) is 0 Å². The Labute approximate surface area is 104 Å². The summed E-state index contributed by atoms with van der Waals surface area (Å²) in [4.78, 5) is 0. The smallest absolute Gasteiger partial charge is 0.0402 e. The van der Waals surface area contributed by atoms with Gasteiger partial charge in [0.1, 0.15) is 0 Å². The summed E-state index contributed by atoms with van der Waals surface area (Å²) >= 11 is 4.99. The maximum Gasteiger partial charge on any atom is 0.0402 e. The molecule has 0 aliphatic carbocycles. The molecule has 1 unspecified atom stereocenters. The Hall–Kier alpha value is 1.02. The number of aliphatic hydroxyl groups excluding tert-OH is 1. The maximum absolute atomic E-state index is 7.57. The Morgan fingerprint density at radius 1 is 1.23 bits per heavy atom. The molecule has 0 aliphatic heterocycles. The first-order chi connectivity index (χ1) is 5.76. The van der Waals surface area contributed by atoms with E-state index in [9.17, 15) is 0 Å². The fourth-order valence-corrected chi connectivity index (χ4v) is 1.30. The first kappa shape index (κ1) is 19.6. The minimum Gasteiger partial charge on any atom is -0.792 e. The van der Waals surface area contributed by atoms with Crippen LogP contribution in [0.3, 0.4) is 0 Å². The summed E-state index contributed by atoms with van der Waals surface area (Å²) < 4.78 is 0. The molecular formula is C10H23OSTi-. The van der Waals surface area contributed by atoms with E-state index >= 15 is 0 Å². The molecule has 80 valence electrons. The van der Waals surface area contributed by atoms with Crippen molar-refractivity contribution in [3.8, 4) is 0 Å². The van der Waals surface area contributed by atoms with Gasteiger partial charge in [-0.2, -0.15) is 5.75 Å². The van der Waals surface area contributed by atoms with Gasteiger partial charge in [-0.3, -0.25) is 0 Å². The number of unbranched alkanes of at least 4 members (excludes halogenated alkanes) is 1. The van der Waals surface area contributed by atoms with Crippen LogP contribution < -0.4 is 0 Å². The van der Waals surface area contributed by atoms with Crippen LogP contribution in [0.4, 0.5) is 0 Å². The third-order valence-electron chi connectivity index (χ3n) is 1.78. The Bertz CT molecular complexity index is 67.9. The van der Waals surface area contributed by atoms with E-state index in [1.165, 1.54) is 25.7 Å². The van der Waals surface area contributed by atoms with Crippen molar-refractivity contribution in [1.29, 1.82) is 0 Å². The molecule has 0 aromatic carbocycles. The van der Waals surface area contributed by atoms with Crippen LogP contribution in [0.5, 0.6) is 0 Å². The number of hydrogen-bond donors (Lipinski definition) is 1. The van der Waals surface area contributed by atoms with Crippen molar-refractivity contribution in [3.05, 3.63) is 0 Å². The van der Waals surface area contributed by atoms with Gasteiger partial charge >= 0.3 is 0 Å². The minimum absolute atomic E-state index is 0. The average Bonchev–Trinajstić information content (AvgIpc) is 2.08. The van der Waals surface area contributed by atoms with Gasteiger partial charge in [0.05, 0.1) is 0 Å². The van der Waals surface area contributed by atoms with Gasteiger partial charge in [-0.05, 0) is 6.92 Å². The summed E-state index contributed by atoms with van der Waals surface area (Å²) in [6.07, 6.45) is 5.28. The van der Waals surface area contributed by atoms with Crippen LogP contribution in [-0.2, 0) is 34.3 Å². The van der Waals surface area contributed by atoms with Crippen molar-refractivity contribution >= 4 is 12.6 Å². The predicted octanol–water partition coefficient (Wildman–Crippen LogP) is 2.75. The maximum atomic E-state index is 7.57. The summed E-state index contributed by atoms with van der Waals surface area (Å²) in [5.41, 5.74) is 0. The van der Waals surface area contributed by atoms with Crippen molar-refractivity contribution in [2.45, 2.75) is 46.5 Å². The molecule has 0 aromatic rings.